The predicted molar refractivity (Wildman–Crippen MR) is 119 cm³/mol. The number of rotatable bonds is 8. The fourth-order valence-corrected chi connectivity index (χ4v) is 3.52. The third-order valence-corrected chi connectivity index (χ3v) is 5.28. The highest BCUT2D eigenvalue weighted by Crippen LogP contribution is 2.19. The van der Waals surface area contributed by atoms with E-state index in [1.807, 2.05) is 0 Å². The Kier molecular flexibility index (Phi) is 8.19. The summed E-state index contributed by atoms with van der Waals surface area (Å²) < 4.78 is 11.0. The van der Waals surface area contributed by atoms with Crippen LogP contribution in [-0.4, -0.2) is 37.1 Å². The minimum absolute atomic E-state index is 0.0437. The highest BCUT2D eigenvalue weighted by atomic mass is 35.5. The van der Waals surface area contributed by atoms with Gasteiger partial charge in [-0.05, 0) is 74.2 Å². The highest BCUT2D eigenvalue weighted by Gasteiger charge is 2.23. The lowest BCUT2D eigenvalue weighted by Crippen LogP contribution is -2.45. The summed E-state index contributed by atoms with van der Waals surface area (Å²) in [6, 6.07) is 14.1. The van der Waals surface area contributed by atoms with Gasteiger partial charge in [0.05, 0.1) is 0 Å². The third-order valence-electron chi connectivity index (χ3n) is 5.03. The van der Waals surface area contributed by atoms with Gasteiger partial charge in [0.25, 0.3) is 11.8 Å². The lowest BCUT2D eigenvalue weighted by Gasteiger charge is -2.29. The zero-order valence-electron chi connectivity index (χ0n) is 17.1. The smallest absolute Gasteiger partial charge is 0.258 e. The fraction of sp³-hybridized carbons (Fsp3) is 0.333. The summed E-state index contributed by atoms with van der Waals surface area (Å²) in [4.78, 5) is 24.3. The number of hydrogen-bond acceptors (Lipinski definition) is 4. The van der Waals surface area contributed by atoms with Gasteiger partial charge < -0.3 is 20.1 Å². The maximum Gasteiger partial charge on any atom is 0.258 e. The molecular weight excluding hydrogens is 416 g/mol. The SMILES string of the molecule is C#Cc1ccc(OCC(=O)NC2CCC(NC(=O)COc3ccc(Cl)cc3)CC2)cc1. The van der Waals surface area contributed by atoms with Crippen molar-refractivity contribution in [2.45, 2.75) is 37.8 Å². The molecule has 2 N–H and O–H groups in total. The molecule has 1 aliphatic rings. The van der Waals surface area contributed by atoms with Crippen molar-refractivity contribution < 1.29 is 19.1 Å². The van der Waals surface area contributed by atoms with Crippen molar-refractivity contribution in [1.29, 1.82) is 0 Å². The molecule has 0 aromatic heterocycles. The van der Waals surface area contributed by atoms with Gasteiger partial charge in [0.2, 0.25) is 0 Å². The Morgan fingerprint density at radius 1 is 0.839 bits per heavy atom. The van der Waals surface area contributed by atoms with Crippen LogP contribution in [0.4, 0.5) is 0 Å². The third kappa shape index (κ3) is 7.54. The van der Waals surface area contributed by atoms with Crippen LogP contribution in [0.1, 0.15) is 31.2 Å². The molecule has 0 unspecified atom stereocenters. The zero-order valence-corrected chi connectivity index (χ0v) is 17.9. The molecular formula is C24H25ClN2O4. The Hall–Kier alpha value is -3.17. The van der Waals surface area contributed by atoms with Crippen LogP contribution < -0.4 is 20.1 Å². The summed E-state index contributed by atoms with van der Waals surface area (Å²) in [5, 5.41) is 6.60. The van der Waals surface area contributed by atoms with E-state index in [0.29, 0.717) is 16.5 Å². The molecule has 0 saturated heterocycles. The van der Waals surface area contributed by atoms with Crippen LogP contribution in [0.25, 0.3) is 0 Å². The quantitative estimate of drug-likeness (QED) is 0.617. The van der Waals surface area contributed by atoms with Crippen molar-refractivity contribution in [3.63, 3.8) is 0 Å². The van der Waals surface area contributed by atoms with Crippen molar-refractivity contribution in [2.24, 2.45) is 0 Å². The number of benzene rings is 2. The Labute approximate surface area is 187 Å². The van der Waals surface area contributed by atoms with Gasteiger partial charge in [0, 0.05) is 22.7 Å². The van der Waals surface area contributed by atoms with Crippen molar-refractivity contribution in [3.8, 4) is 23.8 Å². The molecule has 0 bridgehead atoms. The largest absolute Gasteiger partial charge is 0.484 e. The van der Waals surface area contributed by atoms with Crippen LogP contribution in [0.3, 0.4) is 0 Å². The number of hydrogen-bond donors (Lipinski definition) is 2. The van der Waals surface area contributed by atoms with Crippen LogP contribution in [0.5, 0.6) is 11.5 Å². The van der Waals surface area contributed by atoms with Crippen LogP contribution in [0.2, 0.25) is 5.02 Å². The average Bonchev–Trinajstić information content (AvgIpc) is 2.79. The number of nitrogens with one attached hydrogen (secondary N) is 2. The van der Waals surface area contributed by atoms with Crippen LogP contribution in [0, 0.1) is 12.3 Å². The summed E-state index contributed by atoms with van der Waals surface area (Å²) >= 11 is 5.83. The maximum atomic E-state index is 12.1. The van der Waals surface area contributed by atoms with E-state index in [0.717, 1.165) is 31.2 Å². The van der Waals surface area contributed by atoms with Crippen LogP contribution >= 0.6 is 11.6 Å². The van der Waals surface area contributed by atoms with E-state index in [9.17, 15) is 9.59 Å². The maximum absolute atomic E-state index is 12.1. The Morgan fingerprint density at radius 2 is 1.26 bits per heavy atom. The lowest BCUT2D eigenvalue weighted by atomic mass is 9.91. The summed E-state index contributed by atoms with van der Waals surface area (Å²) in [6.07, 6.45) is 8.51. The number of amides is 2. The molecule has 0 heterocycles. The van der Waals surface area contributed by atoms with E-state index in [-0.39, 0.29) is 37.1 Å². The molecule has 7 heteroatoms. The first kappa shape index (κ1) is 22.5. The first-order valence-corrected chi connectivity index (χ1v) is 10.6. The van der Waals surface area contributed by atoms with E-state index >= 15 is 0 Å². The average molecular weight is 441 g/mol. The zero-order chi connectivity index (χ0) is 22.1. The molecule has 2 amide bonds. The van der Waals surface area contributed by atoms with Crippen molar-refractivity contribution in [2.75, 3.05) is 13.2 Å². The summed E-state index contributed by atoms with van der Waals surface area (Å²) in [5.41, 5.74) is 0.761. The molecule has 1 aliphatic carbocycles. The predicted octanol–water partition coefficient (Wildman–Crippen LogP) is 3.32. The Bertz CT molecular complexity index is 914. The molecule has 6 nitrogen and oxygen atoms in total. The van der Waals surface area contributed by atoms with Gasteiger partial charge in [-0.15, -0.1) is 6.42 Å². The molecule has 31 heavy (non-hydrogen) atoms. The van der Waals surface area contributed by atoms with Gasteiger partial charge in [0.15, 0.2) is 13.2 Å². The number of halogens is 1. The van der Waals surface area contributed by atoms with E-state index in [4.69, 9.17) is 27.5 Å². The second kappa shape index (κ2) is 11.3. The lowest BCUT2D eigenvalue weighted by molar-refractivity contribution is -0.125. The standard InChI is InChI=1S/C24H25ClN2O4/c1-2-17-3-11-21(12-4-17)30-15-23(28)26-19-7-9-20(10-8-19)27-24(29)16-31-22-13-5-18(25)6-14-22/h1,3-6,11-14,19-20H,7-10,15-16H2,(H,26,28)(H,27,29). The minimum atomic E-state index is -0.162. The molecule has 0 atom stereocenters. The molecule has 0 aliphatic heterocycles. The molecule has 1 fully saturated rings. The number of terminal acetylenes is 1. The second-order valence-electron chi connectivity index (χ2n) is 7.38. The van der Waals surface area contributed by atoms with Gasteiger partial charge in [-0.25, -0.2) is 0 Å². The number of ether oxygens (including phenoxy) is 2. The van der Waals surface area contributed by atoms with E-state index in [1.54, 1.807) is 48.5 Å². The molecule has 2 aromatic carbocycles. The molecule has 2 aromatic rings. The summed E-state index contributed by atoms with van der Waals surface area (Å²) in [6.45, 7) is -0.0912. The monoisotopic (exact) mass is 440 g/mol. The molecule has 0 spiro atoms. The minimum Gasteiger partial charge on any atom is -0.484 e. The van der Waals surface area contributed by atoms with Crippen molar-refractivity contribution in [3.05, 3.63) is 59.1 Å². The molecule has 0 radical (unpaired) electrons. The van der Waals surface area contributed by atoms with E-state index in [2.05, 4.69) is 16.6 Å². The van der Waals surface area contributed by atoms with Crippen LogP contribution in [-0.2, 0) is 9.59 Å². The topological polar surface area (TPSA) is 76.7 Å². The summed E-state index contributed by atoms with van der Waals surface area (Å²) in [5.74, 6) is 3.41. The Balaban J connectivity index is 1.31. The normalized spacial score (nSPS) is 17.8. The van der Waals surface area contributed by atoms with E-state index < -0.39 is 0 Å². The van der Waals surface area contributed by atoms with Crippen LogP contribution in [0.15, 0.2) is 48.5 Å². The van der Waals surface area contributed by atoms with Gasteiger partial charge in [-0.1, -0.05) is 17.5 Å². The second-order valence-corrected chi connectivity index (χ2v) is 7.82. The molecule has 1 saturated carbocycles. The number of carbonyl (C=O) groups excluding carboxylic acids is 2. The van der Waals surface area contributed by atoms with Crippen molar-refractivity contribution in [1.82, 2.24) is 10.6 Å². The van der Waals surface area contributed by atoms with Gasteiger partial charge in [0.1, 0.15) is 11.5 Å². The first-order chi connectivity index (χ1) is 15.0. The van der Waals surface area contributed by atoms with Crippen molar-refractivity contribution >= 4 is 23.4 Å². The van der Waals surface area contributed by atoms with Gasteiger partial charge >= 0.3 is 0 Å². The Morgan fingerprint density at radius 3 is 1.68 bits per heavy atom. The molecule has 3 rings (SSSR count). The summed E-state index contributed by atoms with van der Waals surface area (Å²) in [7, 11) is 0. The highest BCUT2D eigenvalue weighted by molar-refractivity contribution is 6.30. The fourth-order valence-electron chi connectivity index (χ4n) is 3.40. The first-order valence-electron chi connectivity index (χ1n) is 10.2. The van der Waals surface area contributed by atoms with Gasteiger partial charge in [-0.2, -0.15) is 0 Å². The van der Waals surface area contributed by atoms with E-state index in [1.165, 1.54) is 0 Å². The number of carbonyl (C=O) groups is 2. The van der Waals surface area contributed by atoms with Gasteiger partial charge in [-0.3, -0.25) is 9.59 Å². The molecule has 162 valence electrons.